The van der Waals surface area contributed by atoms with E-state index in [1.165, 1.54) is 0 Å². The topological polar surface area (TPSA) is 9.23 Å². The summed E-state index contributed by atoms with van der Waals surface area (Å²) in [6, 6.07) is 13.3. The predicted octanol–water partition coefficient (Wildman–Crippen LogP) is 3.06. The summed E-state index contributed by atoms with van der Waals surface area (Å²) < 4.78 is 19.7. The molecular weight excluding hydrogens is 215 g/mol. The van der Waals surface area contributed by atoms with Gasteiger partial charge in [-0.3, -0.25) is 0 Å². The lowest BCUT2D eigenvalue weighted by Gasteiger charge is -2.40. The second kappa shape index (κ2) is 2.89. The van der Waals surface area contributed by atoms with E-state index in [2.05, 4.69) is 6.07 Å². The summed E-state index contributed by atoms with van der Waals surface area (Å²) in [5.41, 5.74) is 2.87. The van der Waals surface area contributed by atoms with Crippen LogP contribution in [0.25, 0.3) is 0 Å². The van der Waals surface area contributed by atoms with Crippen LogP contribution in [0.2, 0.25) is 0 Å². The van der Waals surface area contributed by atoms with Gasteiger partial charge in [0.2, 0.25) is 0 Å². The Morgan fingerprint density at radius 1 is 1.06 bits per heavy atom. The Kier molecular flexibility index (Phi) is 1.57. The van der Waals surface area contributed by atoms with E-state index in [0.717, 1.165) is 28.9 Å². The van der Waals surface area contributed by atoms with Crippen molar-refractivity contribution in [3.63, 3.8) is 0 Å². The van der Waals surface area contributed by atoms with Gasteiger partial charge in [-0.1, -0.05) is 30.3 Å². The van der Waals surface area contributed by atoms with E-state index in [9.17, 15) is 4.39 Å². The fourth-order valence-corrected chi connectivity index (χ4v) is 3.18. The molecule has 0 fully saturated rings. The molecule has 0 saturated carbocycles. The van der Waals surface area contributed by atoms with Gasteiger partial charge in [-0.25, -0.2) is 4.39 Å². The van der Waals surface area contributed by atoms with E-state index in [0.29, 0.717) is 6.61 Å². The van der Waals surface area contributed by atoms with Gasteiger partial charge >= 0.3 is 0 Å². The van der Waals surface area contributed by atoms with Crippen LogP contribution in [0.5, 0.6) is 5.75 Å². The maximum Gasteiger partial charge on any atom is 0.127 e. The molecule has 2 aromatic carbocycles. The Bertz CT molecular complexity index is 606. The molecule has 1 nitrogen and oxygen atoms in total. The van der Waals surface area contributed by atoms with Crippen LogP contribution in [-0.2, 0) is 11.8 Å². The van der Waals surface area contributed by atoms with Gasteiger partial charge in [-0.15, -0.1) is 0 Å². The molecule has 0 amide bonds. The van der Waals surface area contributed by atoms with Crippen LogP contribution in [-0.4, -0.2) is 6.61 Å². The third kappa shape index (κ3) is 0.985. The summed E-state index contributed by atoms with van der Waals surface area (Å²) in [7, 11) is 0. The van der Waals surface area contributed by atoms with Crippen molar-refractivity contribution in [2.24, 2.45) is 0 Å². The number of hydrogen-bond donors (Lipinski definition) is 0. The molecule has 0 aromatic heterocycles. The molecule has 4 rings (SSSR count). The Morgan fingerprint density at radius 2 is 1.94 bits per heavy atom. The summed E-state index contributed by atoms with van der Waals surface area (Å²) in [6.07, 6.45) is 0.886. The number of para-hydroxylation sites is 1. The Morgan fingerprint density at radius 3 is 2.82 bits per heavy atom. The molecule has 84 valence electrons. The summed E-state index contributed by atoms with van der Waals surface area (Å²) in [4.78, 5) is 0. The lowest BCUT2D eigenvalue weighted by Crippen LogP contribution is -2.42. The highest BCUT2D eigenvalue weighted by Crippen LogP contribution is 2.53. The zero-order valence-corrected chi connectivity index (χ0v) is 9.24. The fraction of sp³-hybridized carbons (Fsp3) is 0.200. The molecule has 1 atom stereocenters. The van der Waals surface area contributed by atoms with Crippen LogP contribution >= 0.6 is 0 Å². The average molecular weight is 226 g/mol. The fourth-order valence-electron chi connectivity index (χ4n) is 3.18. The van der Waals surface area contributed by atoms with Gasteiger partial charge in [0.15, 0.2) is 0 Å². The van der Waals surface area contributed by atoms with Gasteiger partial charge < -0.3 is 4.74 Å². The molecule has 0 N–H and O–H groups in total. The summed E-state index contributed by atoms with van der Waals surface area (Å²) >= 11 is 0. The molecule has 17 heavy (non-hydrogen) atoms. The third-order valence-electron chi connectivity index (χ3n) is 3.95. The first kappa shape index (κ1) is 9.23. The highest BCUT2D eigenvalue weighted by Gasteiger charge is 2.51. The van der Waals surface area contributed by atoms with Crippen molar-refractivity contribution in [3.8, 4) is 5.75 Å². The number of hydrogen-bond acceptors (Lipinski definition) is 1. The van der Waals surface area contributed by atoms with Gasteiger partial charge in [0, 0.05) is 11.1 Å². The first-order valence-electron chi connectivity index (χ1n) is 5.81. The van der Waals surface area contributed by atoms with E-state index in [-0.39, 0.29) is 11.2 Å². The smallest absolute Gasteiger partial charge is 0.127 e. The summed E-state index contributed by atoms with van der Waals surface area (Å²) in [5, 5.41) is 0. The van der Waals surface area contributed by atoms with E-state index in [1.807, 2.05) is 24.3 Å². The van der Waals surface area contributed by atoms with Crippen LogP contribution in [0.15, 0.2) is 42.5 Å². The van der Waals surface area contributed by atoms with Crippen LogP contribution < -0.4 is 4.74 Å². The lowest BCUT2D eigenvalue weighted by atomic mass is 9.61. The highest BCUT2D eigenvalue weighted by molar-refractivity contribution is 5.60. The minimum absolute atomic E-state index is 0.103. The minimum atomic E-state index is -0.225. The quantitative estimate of drug-likeness (QED) is 0.670. The van der Waals surface area contributed by atoms with Gasteiger partial charge in [0.1, 0.15) is 18.2 Å². The van der Waals surface area contributed by atoms with Crippen molar-refractivity contribution in [1.82, 2.24) is 0 Å². The molecule has 2 aliphatic rings. The molecule has 0 saturated heterocycles. The Hall–Kier alpha value is -1.83. The molecular formula is C15H11FO. The minimum Gasteiger partial charge on any atom is -0.492 e. The maximum atomic E-state index is 14.0. The highest BCUT2D eigenvalue weighted by atomic mass is 19.1. The van der Waals surface area contributed by atoms with Crippen molar-refractivity contribution >= 4 is 0 Å². The zero-order valence-electron chi connectivity index (χ0n) is 9.24. The summed E-state index contributed by atoms with van der Waals surface area (Å²) in [6.45, 7) is 0.570. The molecule has 2 aromatic rings. The number of benzene rings is 2. The second-order valence-corrected chi connectivity index (χ2v) is 4.82. The molecule has 1 spiro atoms. The Balaban J connectivity index is 1.97. The molecule has 1 unspecified atom stereocenters. The molecule has 0 bridgehead atoms. The monoisotopic (exact) mass is 226 g/mol. The van der Waals surface area contributed by atoms with Gasteiger partial charge in [-0.05, 0) is 24.1 Å². The van der Waals surface area contributed by atoms with Crippen molar-refractivity contribution in [3.05, 3.63) is 65.0 Å². The second-order valence-electron chi connectivity index (χ2n) is 4.82. The van der Waals surface area contributed by atoms with Gasteiger partial charge in [0.25, 0.3) is 0 Å². The van der Waals surface area contributed by atoms with E-state index in [1.54, 1.807) is 12.1 Å². The Labute approximate surface area is 98.9 Å². The standard InChI is InChI=1S/C15H11FO/c16-12-6-3-4-10-8-15(14(10)12)9-17-13-7-2-1-5-11(13)15/h1-7H,8-9H2. The van der Waals surface area contributed by atoms with E-state index >= 15 is 0 Å². The van der Waals surface area contributed by atoms with Crippen molar-refractivity contribution in [2.45, 2.75) is 11.8 Å². The number of fused-ring (bicyclic) bond motifs is 4. The van der Waals surface area contributed by atoms with Crippen LogP contribution in [0, 0.1) is 5.82 Å². The summed E-state index contributed by atoms with van der Waals surface area (Å²) in [5.74, 6) is 0.801. The predicted molar refractivity (Wildman–Crippen MR) is 62.8 cm³/mol. The largest absolute Gasteiger partial charge is 0.492 e. The maximum absolute atomic E-state index is 14.0. The third-order valence-corrected chi connectivity index (χ3v) is 3.95. The normalized spacial score (nSPS) is 23.8. The molecule has 0 radical (unpaired) electrons. The lowest BCUT2D eigenvalue weighted by molar-refractivity contribution is 0.267. The number of ether oxygens (including phenoxy) is 1. The average Bonchev–Trinajstić information content (AvgIpc) is 2.69. The number of halogens is 1. The van der Waals surface area contributed by atoms with E-state index in [4.69, 9.17) is 4.74 Å². The first-order valence-corrected chi connectivity index (χ1v) is 5.81. The van der Waals surface area contributed by atoms with E-state index < -0.39 is 0 Å². The van der Waals surface area contributed by atoms with Crippen LogP contribution in [0.4, 0.5) is 4.39 Å². The molecule has 1 aliphatic heterocycles. The zero-order chi connectivity index (χ0) is 11.5. The van der Waals surface area contributed by atoms with Crippen molar-refractivity contribution < 1.29 is 9.13 Å². The molecule has 1 heterocycles. The molecule has 2 heteroatoms. The SMILES string of the molecule is Fc1cccc2c1C1(COc3ccccc31)C2. The van der Waals surface area contributed by atoms with Crippen LogP contribution in [0.3, 0.4) is 0 Å². The molecule has 1 aliphatic carbocycles. The number of rotatable bonds is 0. The van der Waals surface area contributed by atoms with Crippen molar-refractivity contribution in [2.75, 3.05) is 6.61 Å². The van der Waals surface area contributed by atoms with Gasteiger partial charge in [0.05, 0.1) is 5.41 Å². The van der Waals surface area contributed by atoms with Crippen molar-refractivity contribution in [1.29, 1.82) is 0 Å². The first-order chi connectivity index (χ1) is 8.31. The van der Waals surface area contributed by atoms with Gasteiger partial charge in [-0.2, -0.15) is 0 Å². The van der Waals surface area contributed by atoms with Crippen LogP contribution in [0.1, 0.15) is 16.7 Å².